The predicted octanol–water partition coefficient (Wildman–Crippen LogP) is 3.75. The smallest absolute Gasteiger partial charge is 0.278 e. The highest BCUT2D eigenvalue weighted by molar-refractivity contribution is 7.98. The van der Waals surface area contributed by atoms with E-state index in [1.807, 2.05) is 47.9 Å². The molecule has 2 aromatic carbocycles. The number of furan rings is 1. The number of fused-ring (bicyclic) bond motifs is 1. The zero-order chi connectivity index (χ0) is 21.2. The summed E-state index contributed by atoms with van der Waals surface area (Å²) < 4.78 is 8.84. The van der Waals surface area contributed by atoms with Gasteiger partial charge in [0.05, 0.1) is 29.6 Å². The van der Waals surface area contributed by atoms with Gasteiger partial charge in [-0.25, -0.2) is 0 Å². The third-order valence-corrected chi connectivity index (χ3v) is 5.88. The Morgan fingerprint density at radius 2 is 1.77 bits per heavy atom. The molecule has 0 radical (unpaired) electrons. The van der Waals surface area contributed by atoms with Crippen molar-refractivity contribution in [3.8, 4) is 11.4 Å². The van der Waals surface area contributed by atoms with Gasteiger partial charge in [-0.05, 0) is 30.7 Å². The maximum atomic E-state index is 12.8. The number of rotatable bonds is 6. The molecule has 0 bridgehead atoms. The second-order valence-corrected chi connectivity index (χ2v) is 7.87. The van der Waals surface area contributed by atoms with Crippen molar-refractivity contribution < 1.29 is 4.42 Å². The lowest BCUT2D eigenvalue weighted by atomic mass is 10.2. The Kier molecular flexibility index (Phi) is 5.09. The molecular formula is C22H18N6O2S. The van der Waals surface area contributed by atoms with E-state index in [1.54, 1.807) is 18.4 Å². The standard InChI is InChI=1S/C22H18N6O2S/c1-15-17(11-12-30-15)20-24-25-22(27(20)13-16-7-3-2-4-8-16)31-14-28-21(29)18-9-5-6-10-19(18)23-26-28/h2-12H,13-14H2,1H3. The fourth-order valence-corrected chi connectivity index (χ4v) is 4.16. The number of thioether (sulfide) groups is 1. The van der Waals surface area contributed by atoms with Crippen LogP contribution in [0.3, 0.4) is 0 Å². The van der Waals surface area contributed by atoms with Crippen molar-refractivity contribution >= 4 is 22.7 Å². The van der Waals surface area contributed by atoms with Gasteiger partial charge in [0, 0.05) is 0 Å². The van der Waals surface area contributed by atoms with Crippen LogP contribution in [-0.2, 0) is 12.4 Å². The van der Waals surface area contributed by atoms with Gasteiger partial charge in [-0.15, -0.1) is 15.3 Å². The molecular weight excluding hydrogens is 412 g/mol. The summed E-state index contributed by atoms with van der Waals surface area (Å²) >= 11 is 1.39. The Balaban J connectivity index is 1.49. The summed E-state index contributed by atoms with van der Waals surface area (Å²) in [5.74, 6) is 1.76. The van der Waals surface area contributed by atoms with Gasteiger partial charge in [0.15, 0.2) is 11.0 Å². The number of hydrogen-bond acceptors (Lipinski definition) is 7. The normalized spacial score (nSPS) is 11.3. The molecule has 0 spiro atoms. The van der Waals surface area contributed by atoms with Crippen LogP contribution in [0.5, 0.6) is 0 Å². The van der Waals surface area contributed by atoms with Crippen LogP contribution in [0.15, 0.2) is 81.3 Å². The van der Waals surface area contributed by atoms with Gasteiger partial charge in [0.2, 0.25) is 0 Å². The molecule has 0 saturated carbocycles. The molecule has 31 heavy (non-hydrogen) atoms. The van der Waals surface area contributed by atoms with E-state index in [1.165, 1.54) is 16.4 Å². The van der Waals surface area contributed by atoms with E-state index in [4.69, 9.17) is 4.42 Å². The van der Waals surface area contributed by atoms with Crippen molar-refractivity contribution in [2.24, 2.45) is 0 Å². The summed E-state index contributed by atoms with van der Waals surface area (Å²) in [6, 6.07) is 19.2. The topological polar surface area (TPSA) is 91.6 Å². The third kappa shape index (κ3) is 3.75. The number of aromatic nitrogens is 6. The summed E-state index contributed by atoms with van der Waals surface area (Å²) in [4.78, 5) is 12.8. The number of aryl methyl sites for hydroxylation is 1. The van der Waals surface area contributed by atoms with Crippen LogP contribution in [0.4, 0.5) is 0 Å². The quantitative estimate of drug-likeness (QED) is 0.379. The van der Waals surface area contributed by atoms with E-state index in [2.05, 4.69) is 32.6 Å². The highest BCUT2D eigenvalue weighted by Gasteiger charge is 2.18. The molecule has 0 aliphatic heterocycles. The molecule has 3 aromatic heterocycles. The first-order chi connectivity index (χ1) is 15.2. The fourth-order valence-electron chi connectivity index (χ4n) is 3.35. The van der Waals surface area contributed by atoms with Crippen LogP contribution in [0, 0.1) is 6.92 Å². The summed E-state index contributed by atoms with van der Waals surface area (Å²) in [7, 11) is 0. The lowest BCUT2D eigenvalue weighted by Crippen LogP contribution is -2.23. The van der Waals surface area contributed by atoms with Crippen LogP contribution >= 0.6 is 11.8 Å². The molecule has 0 unspecified atom stereocenters. The van der Waals surface area contributed by atoms with Crippen LogP contribution in [0.25, 0.3) is 22.3 Å². The highest BCUT2D eigenvalue weighted by atomic mass is 32.2. The zero-order valence-electron chi connectivity index (χ0n) is 16.7. The van der Waals surface area contributed by atoms with Crippen LogP contribution < -0.4 is 5.56 Å². The summed E-state index contributed by atoms with van der Waals surface area (Å²) in [6.45, 7) is 2.49. The van der Waals surface area contributed by atoms with Crippen molar-refractivity contribution in [3.63, 3.8) is 0 Å². The summed E-state index contributed by atoms with van der Waals surface area (Å²) in [5.41, 5.74) is 2.41. The molecule has 5 aromatic rings. The van der Waals surface area contributed by atoms with Crippen molar-refractivity contribution in [2.45, 2.75) is 24.5 Å². The minimum absolute atomic E-state index is 0.182. The molecule has 154 valence electrons. The van der Waals surface area contributed by atoms with E-state index in [0.29, 0.717) is 22.6 Å². The Morgan fingerprint density at radius 3 is 2.58 bits per heavy atom. The van der Waals surface area contributed by atoms with Crippen LogP contribution in [0.2, 0.25) is 0 Å². The van der Waals surface area contributed by atoms with Crippen molar-refractivity contribution in [3.05, 3.63) is 88.6 Å². The number of nitrogens with zero attached hydrogens (tertiary/aromatic N) is 6. The van der Waals surface area contributed by atoms with Crippen molar-refractivity contribution in [2.75, 3.05) is 0 Å². The first-order valence-electron chi connectivity index (χ1n) is 9.67. The first-order valence-corrected chi connectivity index (χ1v) is 10.7. The zero-order valence-corrected chi connectivity index (χ0v) is 17.5. The number of benzene rings is 2. The molecule has 8 nitrogen and oxygen atoms in total. The average molecular weight is 430 g/mol. The molecule has 5 rings (SSSR count). The van der Waals surface area contributed by atoms with E-state index in [0.717, 1.165) is 22.7 Å². The molecule has 0 atom stereocenters. The Hall–Kier alpha value is -3.72. The van der Waals surface area contributed by atoms with Crippen LogP contribution in [-0.4, -0.2) is 29.8 Å². The molecule has 0 aliphatic carbocycles. The highest BCUT2D eigenvalue weighted by Crippen LogP contribution is 2.28. The minimum Gasteiger partial charge on any atom is -0.469 e. The summed E-state index contributed by atoms with van der Waals surface area (Å²) in [6.07, 6.45) is 1.64. The Labute approximate surface area is 181 Å². The maximum absolute atomic E-state index is 12.8. The van der Waals surface area contributed by atoms with Gasteiger partial charge in [0.25, 0.3) is 5.56 Å². The minimum atomic E-state index is -0.182. The SMILES string of the molecule is Cc1occc1-c1nnc(SCn2nnc3ccccc3c2=O)n1Cc1ccccc1. The molecule has 0 fully saturated rings. The molecule has 0 N–H and O–H groups in total. The third-order valence-electron chi connectivity index (χ3n) is 4.95. The molecule has 0 amide bonds. The van der Waals surface area contributed by atoms with E-state index in [9.17, 15) is 4.79 Å². The maximum Gasteiger partial charge on any atom is 0.278 e. The summed E-state index contributed by atoms with van der Waals surface area (Å²) in [5, 5.41) is 18.2. The van der Waals surface area contributed by atoms with Gasteiger partial charge in [-0.2, -0.15) is 4.68 Å². The molecule has 3 heterocycles. The molecule has 0 aliphatic rings. The van der Waals surface area contributed by atoms with Gasteiger partial charge >= 0.3 is 0 Å². The predicted molar refractivity (Wildman–Crippen MR) is 118 cm³/mol. The van der Waals surface area contributed by atoms with E-state index in [-0.39, 0.29) is 11.4 Å². The first kappa shape index (κ1) is 19.3. The van der Waals surface area contributed by atoms with Crippen molar-refractivity contribution in [1.82, 2.24) is 29.8 Å². The second kappa shape index (κ2) is 8.19. The van der Waals surface area contributed by atoms with Crippen molar-refractivity contribution in [1.29, 1.82) is 0 Å². The van der Waals surface area contributed by atoms with Gasteiger partial charge in [-0.3, -0.25) is 9.36 Å². The lowest BCUT2D eigenvalue weighted by Gasteiger charge is -2.10. The van der Waals surface area contributed by atoms with Gasteiger partial charge in [-0.1, -0.05) is 59.4 Å². The largest absolute Gasteiger partial charge is 0.469 e. The van der Waals surface area contributed by atoms with Gasteiger partial charge in [0.1, 0.15) is 11.3 Å². The van der Waals surface area contributed by atoms with E-state index >= 15 is 0 Å². The molecule has 0 saturated heterocycles. The average Bonchev–Trinajstić information content (AvgIpc) is 3.40. The Morgan fingerprint density at radius 1 is 0.968 bits per heavy atom. The molecule has 9 heteroatoms. The Bertz CT molecular complexity index is 1410. The van der Waals surface area contributed by atoms with E-state index < -0.39 is 0 Å². The monoisotopic (exact) mass is 430 g/mol. The number of hydrogen-bond donors (Lipinski definition) is 0. The second-order valence-electron chi connectivity index (χ2n) is 6.95. The van der Waals surface area contributed by atoms with Gasteiger partial charge < -0.3 is 4.42 Å². The fraction of sp³-hybridized carbons (Fsp3) is 0.136. The lowest BCUT2D eigenvalue weighted by molar-refractivity contribution is 0.534. The van der Waals surface area contributed by atoms with Crippen LogP contribution in [0.1, 0.15) is 11.3 Å².